The lowest BCUT2D eigenvalue weighted by atomic mass is 9.77. The van der Waals surface area contributed by atoms with Crippen molar-refractivity contribution < 1.29 is 19.3 Å². The molecular formula is C20H30N5O3S+. The van der Waals surface area contributed by atoms with Gasteiger partial charge in [-0.05, 0) is 38.5 Å². The number of piperazine rings is 1. The van der Waals surface area contributed by atoms with Gasteiger partial charge in [0.1, 0.15) is 10.5 Å². The predicted octanol–water partition coefficient (Wildman–Crippen LogP) is 0.179. The number of hydrogen-bond acceptors (Lipinski definition) is 5. The van der Waals surface area contributed by atoms with Crippen LogP contribution in [0.5, 0.6) is 0 Å². The van der Waals surface area contributed by atoms with Crippen LogP contribution in [0.3, 0.4) is 0 Å². The highest BCUT2D eigenvalue weighted by molar-refractivity contribution is 7.09. The van der Waals surface area contributed by atoms with Crippen molar-refractivity contribution in [2.45, 2.75) is 51.5 Å². The molecule has 29 heavy (non-hydrogen) atoms. The fourth-order valence-electron chi connectivity index (χ4n) is 4.59. The summed E-state index contributed by atoms with van der Waals surface area (Å²) in [5.41, 5.74) is 0.276. The lowest BCUT2D eigenvalue weighted by Crippen LogP contribution is -3.16. The Hall–Kier alpha value is -2.00. The van der Waals surface area contributed by atoms with Gasteiger partial charge in [-0.1, -0.05) is 6.92 Å². The zero-order valence-corrected chi connectivity index (χ0v) is 18.0. The van der Waals surface area contributed by atoms with Gasteiger partial charge in [0.25, 0.3) is 5.91 Å². The Bertz CT molecular complexity index is 794. The minimum atomic E-state index is -0.674. The zero-order valence-electron chi connectivity index (χ0n) is 17.2. The van der Waals surface area contributed by atoms with E-state index >= 15 is 0 Å². The molecule has 3 aliphatic rings. The molecule has 1 aromatic rings. The van der Waals surface area contributed by atoms with E-state index in [1.165, 1.54) is 21.1 Å². The van der Waals surface area contributed by atoms with Crippen LogP contribution in [0.1, 0.15) is 43.3 Å². The predicted molar refractivity (Wildman–Crippen MR) is 108 cm³/mol. The molecule has 1 aliphatic carbocycles. The second-order valence-corrected chi connectivity index (χ2v) is 9.72. The molecule has 4 rings (SSSR count). The number of thiazole rings is 1. The van der Waals surface area contributed by atoms with Crippen LogP contribution in [0.4, 0.5) is 4.79 Å². The number of aromatic nitrogens is 1. The van der Waals surface area contributed by atoms with Crippen LogP contribution in [-0.2, 0) is 16.0 Å². The van der Waals surface area contributed by atoms with E-state index in [0.29, 0.717) is 32.1 Å². The van der Waals surface area contributed by atoms with Crippen LogP contribution in [0.2, 0.25) is 0 Å². The highest BCUT2D eigenvalue weighted by atomic mass is 32.1. The Kier molecular flexibility index (Phi) is 5.61. The topological polar surface area (TPSA) is 87.0 Å². The van der Waals surface area contributed by atoms with Crippen molar-refractivity contribution in [1.82, 2.24) is 20.1 Å². The maximum absolute atomic E-state index is 13.0. The fraction of sp³-hybridized carbons (Fsp3) is 0.700. The Morgan fingerprint density at radius 1 is 1.31 bits per heavy atom. The van der Waals surface area contributed by atoms with Crippen molar-refractivity contribution in [2.75, 3.05) is 32.8 Å². The summed E-state index contributed by atoms with van der Waals surface area (Å²) in [4.78, 5) is 46.8. The second-order valence-electron chi connectivity index (χ2n) is 8.78. The largest absolute Gasteiger partial charge is 0.331 e. The number of nitrogens with zero attached hydrogens (tertiary/aromatic N) is 3. The molecule has 0 unspecified atom stereocenters. The minimum absolute atomic E-state index is 0.0560. The first-order valence-corrected chi connectivity index (χ1v) is 11.4. The van der Waals surface area contributed by atoms with Crippen molar-refractivity contribution in [1.29, 1.82) is 0 Å². The monoisotopic (exact) mass is 420 g/mol. The zero-order chi connectivity index (χ0) is 20.6. The number of rotatable bonds is 4. The Labute approximate surface area is 175 Å². The molecule has 158 valence electrons. The molecule has 3 fully saturated rings. The van der Waals surface area contributed by atoms with Gasteiger partial charge in [0, 0.05) is 11.1 Å². The van der Waals surface area contributed by atoms with E-state index in [-0.39, 0.29) is 17.8 Å². The number of nitrogens with one attached hydrogen (secondary N) is 2. The van der Waals surface area contributed by atoms with Crippen molar-refractivity contribution >= 4 is 29.2 Å². The molecule has 0 aromatic carbocycles. The number of carbonyl (C=O) groups is 3. The molecule has 0 radical (unpaired) electrons. The molecule has 9 heteroatoms. The summed E-state index contributed by atoms with van der Waals surface area (Å²) in [5, 5.41) is 5.81. The third-order valence-corrected chi connectivity index (χ3v) is 7.51. The lowest BCUT2D eigenvalue weighted by Gasteiger charge is -2.35. The van der Waals surface area contributed by atoms with E-state index in [4.69, 9.17) is 0 Å². The molecule has 1 spiro atoms. The summed E-state index contributed by atoms with van der Waals surface area (Å²) >= 11 is 1.52. The van der Waals surface area contributed by atoms with Crippen LogP contribution < -0.4 is 10.2 Å². The Morgan fingerprint density at radius 2 is 2.00 bits per heavy atom. The van der Waals surface area contributed by atoms with Gasteiger partial charge < -0.3 is 15.1 Å². The van der Waals surface area contributed by atoms with Gasteiger partial charge in [-0.25, -0.2) is 14.7 Å². The van der Waals surface area contributed by atoms with Crippen LogP contribution in [0.25, 0.3) is 0 Å². The van der Waals surface area contributed by atoms with Crippen molar-refractivity contribution in [3.8, 4) is 0 Å². The van der Waals surface area contributed by atoms with Gasteiger partial charge in [-0.2, -0.15) is 0 Å². The van der Waals surface area contributed by atoms with Gasteiger partial charge in [-0.15, -0.1) is 11.3 Å². The first kappa shape index (κ1) is 20.3. The summed E-state index contributed by atoms with van der Waals surface area (Å²) in [6.07, 6.45) is 3.78. The second kappa shape index (κ2) is 8.02. The molecule has 4 amide bonds. The van der Waals surface area contributed by atoms with Crippen LogP contribution in [-0.4, -0.2) is 71.0 Å². The number of aryl methyl sites for hydroxylation is 1. The van der Waals surface area contributed by atoms with Crippen molar-refractivity contribution in [2.24, 2.45) is 5.92 Å². The molecular weight excluding hydrogens is 390 g/mol. The van der Waals surface area contributed by atoms with E-state index in [1.807, 2.05) is 17.2 Å². The summed E-state index contributed by atoms with van der Waals surface area (Å²) < 4.78 is 0. The molecule has 2 N–H and O–H groups in total. The van der Waals surface area contributed by atoms with Crippen LogP contribution in [0.15, 0.2) is 5.38 Å². The summed E-state index contributed by atoms with van der Waals surface area (Å²) in [7, 11) is 0. The third kappa shape index (κ3) is 4.16. The summed E-state index contributed by atoms with van der Waals surface area (Å²) in [6, 6.07) is -0.255. The van der Waals surface area contributed by atoms with Crippen LogP contribution in [0, 0.1) is 12.8 Å². The molecule has 8 nitrogen and oxygen atoms in total. The standard InChI is InChI=1S/C20H29N5O3S/c1-14-3-5-20(6-4-14)18(27)25(19(28)22-20)13-23-7-9-24(10-8-23)17(26)11-16-21-15(2)12-29-16/h12,14H,3-11,13H2,1-2H3,(H,22,28)/p+1. The van der Waals surface area contributed by atoms with Crippen molar-refractivity contribution in [3.05, 3.63) is 16.1 Å². The first-order valence-electron chi connectivity index (χ1n) is 10.5. The maximum atomic E-state index is 13.0. The van der Waals surface area contributed by atoms with Gasteiger partial charge in [0.15, 0.2) is 6.67 Å². The quantitative estimate of drug-likeness (QED) is 0.681. The molecule has 1 aromatic heterocycles. The summed E-state index contributed by atoms with van der Waals surface area (Å²) in [5.74, 6) is 0.659. The van der Waals surface area contributed by atoms with Gasteiger partial charge in [0.2, 0.25) is 5.91 Å². The van der Waals surface area contributed by atoms with E-state index < -0.39 is 5.54 Å². The fourth-order valence-corrected chi connectivity index (χ4v) is 5.36. The SMILES string of the molecule is Cc1csc(CC(=O)N2CC[NH+](CN3C(=O)NC4(CCC(C)CC4)C3=O)CC2)n1. The van der Waals surface area contributed by atoms with Gasteiger partial charge in [0.05, 0.1) is 32.6 Å². The van der Waals surface area contributed by atoms with E-state index in [9.17, 15) is 14.4 Å². The van der Waals surface area contributed by atoms with Crippen LogP contribution >= 0.6 is 11.3 Å². The number of carbonyl (C=O) groups excluding carboxylic acids is 3. The number of imide groups is 1. The highest BCUT2D eigenvalue weighted by Crippen LogP contribution is 2.35. The number of hydrogen-bond donors (Lipinski definition) is 2. The number of amides is 4. The Balaban J connectivity index is 1.29. The average Bonchev–Trinajstić information content (AvgIpc) is 3.21. The molecule has 0 bridgehead atoms. The van der Waals surface area contributed by atoms with E-state index in [1.54, 1.807) is 0 Å². The number of quaternary nitrogens is 1. The first-order chi connectivity index (χ1) is 13.9. The molecule has 1 saturated carbocycles. The van der Waals surface area contributed by atoms with Gasteiger partial charge >= 0.3 is 6.03 Å². The van der Waals surface area contributed by atoms with E-state index in [2.05, 4.69) is 17.2 Å². The molecule has 3 heterocycles. The normalized spacial score (nSPS) is 28.3. The molecule has 2 saturated heterocycles. The summed E-state index contributed by atoms with van der Waals surface area (Å²) in [6.45, 7) is 7.28. The number of urea groups is 1. The maximum Gasteiger partial charge on any atom is 0.329 e. The smallest absolute Gasteiger partial charge is 0.329 e. The molecule has 0 atom stereocenters. The van der Waals surface area contributed by atoms with Gasteiger partial charge in [-0.3, -0.25) is 9.59 Å². The Morgan fingerprint density at radius 3 is 2.62 bits per heavy atom. The average molecular weight is 421 g/mol. The van der Waals surface area contributed by atoms with E-state index in [0.717, 1.165) is 49.5 Å². The van der Waals surface area contributed by atoms with Crippen molar-refractivity contribution in [3.63, 3.8) is 0 Å². The highest BCUT2D eigenvalue weighted by Gasteiger charge is 2.53. The lowest BCUT2D eigenvalue weighted by molar-refractivity contribution is -0.911. The minimum Gasteiger partial charge on any atom is -0.331 e. The third-order valence-electron chi connectivity index (χ3n) is 6.55. The molecule has 2 aliphatic heterocycles.